The van der Waals surface area contributed by atoms with Crippen LogP contribution < -0.4 is 10.1 Å². The van der Waals surface area contributed by atoms with E-state index in [9.17, 15) is 14.9 Å². The minimum Gasteiger partial charge on any atom is -0.496 e. The van der Waals surface area contributed by atoms with Gasteiger partial charge in [-0.15, -0.1) is 0 Å². The molecule has 0 aliphatic rings. The van der Waals surface area contributed by atoms with Crippen molar-refractivity contribution in [1.29, 1.82) is 0 Å². The van der Waals surface area contributed by atoms with Gasteiger partial charge < -0.3 is 15.0 Å². The third-order valence-electron chi connectivity index (χ3n) is 3.99. The Kier molecular flexibility index (Phi) is 6.54. The normalized spacial score (nSPS) is 11.9. The number of rotatable bonds is 7. The molecule has 2 aromatic rings. The van der Waals surface area contributed by atoms with Crippen molar-refractivity contribution in [1.82, 2.24) is 10.2 Å². The van der Waals surface area contributed by atoms with Crippen molar-refractivity contribution in [3.05, 3.63) is 68.7 Å². The molecule has 0 saturated carbocycles. The highest BCUT2D eigenvalue weighted by atomic mass is 35.5. The van der Waals surface area contributed by atoms with Crippen LogP contribution in [-0.4, -0.2) is 43.5 Å². The number of halogens is 1. The number of hydrogen-bond acceptors (Lipinski definition) is 5. The Morgan fingerprint density at radius 2 is 2.00 bits per heavy atom. The molecule has 2 aromatic carbocycles. The molecule has 1 atom stereocenters. The summed E-state index contributed by atoms with van der Waals surface area (Å²) in [6.45, 7) is 0.319. The van der Waals surface area contributed by atoms with Crippen molar-refractivity contribution >= 4 is 23.2 Å². The third-order valence-corrected chi connectivity index (χ3v) is 4.30. The Morgan fingerprint density at radius 3 is 2.58 bits per heavy atom. The SMILES string of the molecule is COc1ccccc1[C@@H](CNC(=O)c1ccc([N+](=O)[O-])cc1Cl)N(C)C. The molecule has 0 unspecified atom stereocenters. The molecule has 0 aliphatic carbocycles. The minimum atomic E-state index is -0.558. The molecule has 1 amide bonds. The number of non-ortho nitro benzene ring substituents is 1. The van der Waals surface area contributed by atoms with Crippen molar-refractivity contribution in [2.24, 2.45) is 0 Å². The predicted octanol–water partition coefficient (Wildman–Crippen LogP) is 3.29. The molecule has 26 heavy (non-hydrogen) atoms. The lowest BCUT2D eigenvalue weighted by molar-refractivity contribution is -0.384. The molecule has 0 fully saturated rings. The molecule has 0 radical (unpaired) electrons. The number of methoxy groups -OCH3 is 1. The average molecular weight is 378 g/mol. The standard InChI is InChI=1S/C18H20ClN3O4/c1-21(2)16(14-6-4-5-7-17(14)26-3)11-20-18(23)13-9-8-12(22(24)25)10-15(13)19/h4-10,16H,11H2,1-3H3,(H,20,23)/t16-/m1/s1. The third kappa shape index (κ3) is 4.50. The minimum absolute atomic E-state index is 0.0374. The Balaban J connectivity index is 2.17. The lowest BCUT2D eigenvalue weighted by atomic mass is 10.0. The van der Waals surface area contributed by atoms with Crippen LogP contribution in [0.25, 0.3) is 0 Å². The van der Waals surface area contributed by atoms with Crippen LogP contribution in [0.5, 0.6) is 5.75 Å². The molecule has 7 nitrogen and oxygen atoms in total. The summed E-state index contributed by atoms with van der Waals surface area (Å²) in [4.78, 5) is 24.6. The molecule has 0 aromatic heterocycles. The Labute approximate surface area is 156 Å². The van der Waals surface area contributed by atoms with Crippen LogP contribution in [0.3, 0.4) is 0 Å². The van der Waals surface area contributed by atoms with E-state index in [1.165, 1.54) is 18.2 Å². The summed E-state index contributed by atoms with van der Waals surface area (Å²) in [7, 11) is 5.41. The summed E-state index contributed by atoms with van der Waals surface area (Å²) in [6, 6.07) is 11.2. The highest BCUT2D eigenvalue weighted by molar-refractivity contribution is 6.34. The summed E-state index contributed by atoms with van der Waals surface area (Å²) in [5, 5.41) is 13.6. The second-order valence-corrected chi connectivity index (χ2v) is 6.26. The fourth-order valence-electron chi connectivity index (χ4n) is 2.60. The van der Waals surface area contributed by atoms with Gasteiger partial charge >= 0.3 is 0 Å². The number of ether oxygens (including phenoxy) is 1. The van der Waals surface area contributed by atoms with Crippen molar-refractivity contribution in [2.45, 2.75) is 6.04 Å². The molecule has 0 saturated heterocycles. The fourth-order valence-corrected chi connectivity index (χ4v) is 2.86. The zero-order valence-electron chi connectivity index (χ0n) is 14.7. The lowest BCUT2D eigenvalue weighted by Crippen LogP contribution is -2.34. The molecule has 0 spiro atoms. The van der Waals surface area contributed by atoms with E-state index in [-0.39, 0.29) is 22.3 Å². The number of carbonyl (C=O) groups is 1. The number of benzene rings is 2. The number of nitro benzene ring substituents is 1. The first-order valence-electron chi connectivity index (χ1n) is 7.86. The predicted molar refractivity (Wildman–Crippen MR) is 99.9 cm³/mol. The first-order chi connectivity index (χ1) is 12.3. The average Bonchev–Trinajstić information content (AvgIpc) is 2.61. The lowest BCUT2D eigenvalue weighted by Gasteiger charge is -2.26. The van der Waals surface area contributed by atoms with Gasteiger partial charge in [0.25, 0.3) is 11.6 Å². The molecule has 8 heteroatoms. The quantitative estimate of drug-likeness (QED) is 0.591. The molecular weight excluding hydrogens is 358 g/mol. The van der Waals surface area contributed by atoms with Gasteiger partial charge in [0.15, 0.2) is 0 Å². The second kappa shape index (κ2) is 8.64. The fraction of sp³-hybridized carbons (Fsp3) is 0.278. The Morgan fingerprint density at radius 1 is 1.31 bits per heavy atom. The van der Waals surface area contributed by atoms with Gasteiger partial charge in [-0.25, -0.2) is 0 Å². The van der Waals surface area contributed by atoms with E-state index in [0.29, 0.717) is 6.54 Å². The zero-order valence-corrected chi connectivity index (χ0v) is 15.5. The van der Waals surface area contributed by atoms with E-state index in [0.717, 1.165) is 11.3 Å². The van der Waals surface area contributed by atoms with Crippen molar-refractivity contribution in [3.8, 4) is 5.75 Å². The summed E-state index contributed by atoms with van der Waals surface area (Å²) >= 11 is 6.02. The van der Waals surface area contributed by atoms with Crippen LogP contribution in [0.15, 0.2) is 42.5 Å². The van der Waals surface area contributed by atoms with E-state index in [2.05, 4.69) is 5.32 Å². The van der Waals surface area contributed by atoms with E-state index >= 15 is 0 Å². The smallest absolute Gasteiger partial charge is 0.270 e. The largest absolute Gasteiger partial charge is 0.496 e. The summed E-state index contributed by atoms with van der Waals surface area (Å²) in [5.41, 5.74) is 0.969. The molecular formula is C18H20ClN3O4. The van der Waals surface area contributed by atoms with Crippen molar-refractivity contribution in [3.63, 3.8) is 0 Å². The van der Waals surface area contributed by atoms with Gasteiger partial charge in [-0.05, 0) is 26.2 Å². The number of likely N-dealkylation sites (N-methyl/N-ethyl adjacent to an activating group) is 1. The van der Waals surface area contributed by atoms with Gasteiger partial charge in [-0.1, -0.05) is 29.8 Å². The Hall–Kier alpha value is -2.64. The highest BCUT2D eigenvalue weighted by Crippen LogP contribution is 2.28. The first kappa shape index (κ1) is 19.7. The van der Waals surface area contributed by atoms with Crippen LogP contribution in [0.2, 0.25) is 5.02 Å². The maximum atomic E-state index is 12.4. The number of nitro groups is 1. The van der Waals surface area contributed by atoms with E-state index in [1.54, 1.807) is 7.11 Å². The van der Waals surface area contributed by atoms with Crippen molar-refractivity contribution in [2.75, 3.05) is 27.7 Å². The van der Waals surface area contributed by atoms with Gasteiger partial charge in [0.1, 0.15) is 5.75 Å². The highest BCUT2D eigenvalue weighted by Gasteiger charge is 2.21. The maximum absolute atomic E-state index is 12.4. The molecule has 0 bridgehead atoms. The van der Waals surface area contributed by atoms with Crippen molar-refractivity contribution < 1.29 is 14.5 Å². The Bertz CT molecular complexity index is 811. The number of hydrogen-bond donors (Lipinski definition) is 1. The van der Waals surface area contributed by atoms with Crippen LogP contribution in [0.1, 0.15) is 22.0 Å². The van der Waals surface area contributed by atoms with E-state index in [4.69, 9.17) is 16.3 Å². The van der Waals surface area contributed by atoms with Crippen LogP contribution in [0, 0.1) is 10.1 Å². The molecule has 138 valence electrons. The first-order valence-corrected chi connectivity index (χ1v) is 8.24. The van der Waals surface area contributed by atoms with Gasteiger partial charge in [0.05, 0.1) is 28.7 Å². The molecule has 2 rings (SSSR count). The summed E-state index contributed by atoms with van der Waals surface area (Å²) < 4.78 is 5.40. The van der Waals surface area contributed by atoms with Crippen LogP contribution in [-0.2, 0) is 0 Å². The monoisotopic (exact) mass is 377 g/mol. The molecule has 0 aliphatic heterocycles. The zero-order chi connectivity index (χ0) is 19.3. The number of nitrogens with zero attached hydrogens (tertiary/aromatic N) is 2. The number of carbonyl (C=O) groups excluding carboxylic acids is 1. The topological polar surface area (TPSA) is 84.7 Å². The number of amides is 1. The van der Waals surface area contributed by atoms with E-state index in [1.807, 2.05) is 43.3 Å². The van der Waals surface area contributed by atoms with E-state index < -0.39 is 10.8 Å². The molecule has 0 heterocycles. The van der Waals surface area contributed by atoms with Gasteiger partial charge in [-0.3, -0.25) is 14.9 Å². The number of para-hydroxylation sites is 1. The second-order valence-electron chi connectivity index (χ2n) is 5.85. The summed E-state index contributed by atoms with van der Waals surface area (Å²) in [6.07, 6.45) is 0. The molecule has 1 N–H and O–H groups in total. The van der Waals surface area contributed by atoms with Gasteiger partial charge in [0, 0.05) is 24.2 Å². The van der Waals surface area contributed by atoms with Crippen LogP contribution >= 0.6 is 11.6 Å². The van der Waals surface area contributed by atoms with Gasteiger partial charge in [-0.2, -0.15) is 0 Å². The maximum Gasteiger partial charge on any atom is 0.270 e. The van der Waals surface area contributed by atoms with Crippen LogP contribution in [0.4, 0.5) is 5.69 Å². The van der Waals surface area contributed by atoms with Gasteiger partial charge in [0.2, 0.25) is 0 Å². The summed E-state index contributed by atoms with van der Waals surface area (Å²) in [5.74, 6) is 0.334. The number of nitrogens with one attached hydrogen (secondary N) is 1.